The van der Waals surface area contributed by atoms with Crippen molar-refractivity contribution in [3.8, 4) is 0 Å². The van der Waals surface area contributed by atoms with E-state index in [1.165, 1.54) is 6.42 Å². The molecule has 0 radical (unpaired) electrons. The topological polar surface area (TPSA) is 54.2 Å². The fourth-order valence-corrected chi connectivity index (χ4v) is 3.15. The Bertz CT molecular complexity index is 738. The Hall–Kier alpha value is -2.40. The SMILES string of the molecule is c1cnc(N2CCCC(NCc3cc4ccccc4o3)C2)nc1. The molecule has 0 amide bonds. The minimum atomic E-state index is 0.431. The van der Waals surface area contributed by atoms with Crippen LogP contribution in [0.25, 0.3) is 11.0 Å². The zero-order valence-corrected chi connectivity index (χ0v) is 13.0. The van der Waals surface area contributed by atoms with E-state index in [0.29, 0.717) is 6.04 Å². The number of hydrogen-bond donors (Lipinski definition) is 1. The number of rotatable bonds is 4. The van der Waals surface area contributed by atoms with Gasteiger partial charge in [-0.25, -0.2) is 9.97 Å². The molecule has 1 fully saturated rings. The van der Waals surface area contributed by atoms with Crippen LogP contribution in [0.1, 0.15) is 18.6 Å². The van der Waals surface area contributed by atoms with Gasteiger partial charge in [0.1, 0.15) is 11.3 Å². The molecule has 4 rings (SSSR count). The highest BCUT2D eigenvalue weighted by Gasteiger charge is 2.21. The Morgan fingerprint density at radius 1 is 1.17 bits per heavy atom. The summed E-state index contributed by atoms with van der Waals surface area (Å²) in [6, 6.07) is 12.5. The highest BCUT2D eigenvalue weighted by atomic mass is 16.3. The van der Waals surface area contributed by atoms with Crippen LogP contribution in [-0.4, -0.2) is 29.1 Å². The summed E-state index contributed by atoms with van der Waals surface area (Å²) in [5.74, 6) is 1.81. The van der Waals surface area contributed by atoms with Crippen LogP contribution in [0.4, 0.5) is 5.95 Å². The second-order valence-corrected chi connectivity index (χ2v) is 5.97. The minimum absolute atomic E-state index is 0.431. The van der Waals surface area contributed by atoms with E-state index in [-0.39, 0.29) is 0 Å². The third-order valence-electron chi connectivity index (χ3n) is 4.30. The van der Waals surface area contributed by atoms with E-state index < -0.39 is 0 Å². The molecule has 1 N–H and O–H groups in total. The number of hydrogen-bond acceptors (Lipinski definition) is 5. The molecule has 23 heavy (non-hydrogen) atoms. The molecule has 1 atom stereocenters. The number of fused-ring (bicyclic) bond motifs is 1. The summed E-state index contributed by atoms with van der Waals surface area (Å²) in [6.07, 6.45) is 5.92. The molecule has 0 spiro atoms. The van der Waals surface area contributed by atoms with E-state index >= 15 is 0 Å². The minimum Gasteiger partial charge on any atom is -0.460 e. The van der Waals surface area contributed by atoms with Crippen LogP contribution in [0.5, 0.6) is 0 Å². The molecule has 3 heterocycles. The second-order valence-electron chi connectivity index (χ2n) is 5.97. The molecule has 0 aliphatic carbocycles. The van der Waals surface area contributed by atoms with Crippen LogP contribution < -0.4 is 10.2 Å². The molecular formula is C18H20N4O. The van der Waals surface area contributed by atoms with Crippen molar-refractivity contribution >= 4 is 16.9 Å². The van der Waals surface area contributed by atoms with Crippen molar-refractivity contribution < 1.29 is 4.42 Å². The van der Waals surface area contributed by atoms with Gasteiger partial charge in [0, 0.05) is 36.9 Å². The summed E-state index contributed by atoms with van der Waals surface area (Å²) in [6.45, 7) is 2.71. The van der Waals surface area contributed by atoms with Crippen molar-refractivity contribution in [2.75, 3.05) is 18.0 Å². The van der Waals surface area contributed by atoms with Gasteiger partial charge in [0.25, 0.3) is 0 Å². The predicted molar refractivity (Wildman–Crippen MR) is 90.3 cm³/mol. The molecule has 1 aliphatic heterocycles. The molecule has 1 aromatic carbocycles. The van der Waals surface area contributed by atoms with Gasteiger partial charge < -0.3 is 14.6 Å². The first-order valence-electron chi connectivity index (χ1n) is 8.11. The summed E-state index contributed by atoms with van der Waals surface area (Å²) < 4.78 is 5.87. The number of furan rings is 1. The molecular weight excluding hydrogens is 288 g/mol. The first-order valence-corrected chi connectivity index (χ1v) is 8.11. The number of aromatic nitrogens is 2. The number of nitrogens with zero attached hydrogens (tertiary/aromatic N) is 3. The van der Waals surface area contributed by atoms with Crippen LogP contribution in [0.2, 0.25) is 0 Å². The lowest BCUT2D eigenvalue weighted by Crippen LogP contribution is -2.46. The molecule has 0 saturated carbocycles. The van der Waals surface area contributed by atoms with E-state index in [1.54, 1.807) is 12.4 Å². The Balaban J connectivity index is 1.38. The lowest BCUT2D eigenvalue weighted by atomic mass is 10.1. The average Bonchev–Trinajstić information content (AvgIpc) is 3.04. The van der Waals surface area contributed by atoms with E-state index in [4.69, 9.17) is 4.42 Å². The first-order chi connectivity index (χ1) is 11.4. The van der Waals surface area contributed by atoms with Crippen LogP contribution >= 0.6 is 0 Å². The van der Waals surface area contributed by atoms with Crippen molar-refractivity contribution in [3.63, 3.8) is 0 Å². The van der Waals surface area contributed by atoms with Crippen molar-refractivity contribution in [1.82, 2.24) is 15.3 Å². The molecule has 0 bridgehead atoms. The third-order valence-corrected chi connectivity index (χ3v) is 4.30. The quantitative estimate of drug-likeness (QED) is 0.803. The van der Waals surface area contributed by atoms with Gasteiger partial charge in [-0.1, -0.05) is 18.2 Å². The maximum Gasteiger partial charge on any atom is 0.225 e. The van der Waals surface area contributed by atoms with Crippen LogP contribution in [-0.2, 0) is 6.54 Å². The van der Waals surface area contributed by atoms with Gasteiger partial charge in [0.15, 0.2) is 0 Å². The van der Waals surface area contributed by atoms with Gasteiger partial charge in [-0.15, -0.1) is 0 Å². The number of benzene rings is 1. The molecule has 1 unspecified atom stereocenters. The molecule has 5 nitrogen and oxygen atoms in total. The van der Waals surface area contributed by atoms with E-state index in [0.717, 1.165) is 48.7 Å². The van der Waals surface area contributed by atoms with Gasteiger partial charge in [-0.05, 0) is 31.0 Å². The van der Waals surface area contributed by atoms with Crippen molar-refractivity contribution in [2.24, 2.45) is 0 Å². The first kappa shape index (κ1) is 14.2. The lowest BCUT2D eigenvalue weighted by molar-refractivity contribution is 0.398. The zero-order chi connectivity index (χ0) is 15.5. The number of anilines is 1. The maximum absolute atomic E-state index is 5.87. The largest absolute Gasteiger partial charge is 0.460 e. The van der Waals surface area contributed by atoms with Gasteiger partial charge >= 0.3 is 0 Å². The molecule has 118 valence electrons. The standard InChI is InChI=1S/C18H20N4O/c1-2-7-17-14(5-1)11-16(23-17)12-21-15-6-3-10-22(13-15)18-19-8-4-9-20-18/h1-2,4-5,7-9,11,15,21H,3,6,10,12-13H2. The normalized spacial score (nSPS) is 18.4. The van der Waals surface area contributed by atoms with Crippen molar-refractivity contribution in [1.29, 1.82) is 0 Å². The maximum atomic E-state index is 5.87. The molecule has 2 aromatic heterocycles. The third kappa shape index (κ3) is 3.19. The summed E-state index contributed by atoms with van der Waals surface area (Å²) >= 11 is 0. The molecule has 3 aromatic rings. The summed E-state index contributed by atoms with van der Waals surface area (Å²) in [7, 11) is 0. The van der Waals surface area contributed by atoms with Gasteiger partial charge in [0.05, 0.1) is 6.54 Å². The Labute approximate surface area is 135 Å². The van der Waals surface area contributed by atoms with E-state index in [2.05, 4.69) is 32.3 Å². The fraction of sp³-hybridized carbons (Fsp3) is 0.333. The van der Waals surface area contributed by atoms with Crippen LogP contribution in [0.3, 0.4) is 0 Å². The van der Waals surface area contributed by atoms with Gasteiger partial charge in [-0.3, -0.25) is 0 Å². The lowest BCUT2D eigenvalue weighted by Gasteiger charge is -2.33. The van der Waals surface area contributed by atoms with Gasteiger partial charge in [-0.2, -0.15) is 0 Å². The molecule has 5 heteroatoms. The summed E-state index contributed by atoms with van der Waals surface area (Å²) in [4.78, 5) is 11.0. The highest BCUT2D eigenvalue weighted by molar-refractivity contribution is 5.77. The van der Waals surface area contributed by atoms with Crippen molar-refractivity contribution in [3.05, 3.63) is 54.6 Å². The highest BCUT2D eigenvalue weighted by Crippen LogP contribution is 2.20. The monoisotopic (exact) mass is 308 g/mol. The van der Waals surface area contributed by atoms with Gasteiger partial charge in [0.2, 0.25) is 5.95 Å². The molecule has 1 saturated heterocycles. The predicted octanol–water partition coefficient (Wildman–Crippen LogP) is 2.98. The average molecular weight is 308 g/mol. The summed E-state index contributed by atoms with van der Waals surface area (Å²) in [5, 5.41) is 4.77. The van der Waals surface area contributed by atoms with Crippen LogP contribution in [0.15, 0.2) is 53.2 Å². The second kappa shape index (κ2) is 6.38. The smallest absolute Gasteiger partial charge is 0.225 e. The Morgan fingerprint density at radius 3 is 2.91 bits per heavy atom. The zero-order valence-electron chi connectivity index (χ0n) is 13.0. The molecule has 1 aliphatic rings. The van der Waals surface area contributed by atoms with Crippen molar-refractivity contribution in [2.45, 2.75) is 25.4 Å². The van der Waals surface area contributed by atoms with E-state index in [1.807, 2.05) is 24.3 Å². The number of para-hydroxylation sites is 1. The summed E-state index contributed by atoms with van der Waals surface area (Å²) in [5.41, 5.74) is 0.951. The van der Waals surface area contributed by atoms with Crippen LogP contribution in [0, 0.1) is 0 Å². The Morgan fingerprint density at radius 2 is 2.04 bits per heavy atom. The fourth-order valence-electron chi connectivity index (χ4n) is 3.15. The van der Waals surface area contributed by atoms with E-state index in [9.17, 15) is 0 Å². The number of piperidine rings is 1. The Kier molecular flexibility index (Phi) is 3.94. The number of nitrogens with one attached hydrogen (secondary N) is 1.